The Bertz CT molecular complexity index is 1960. The molecule has 0 unspecified atom stereocenters. The Kier molecular flexibility index (Phi) is 6.59. The van der Waals surface area contributed by atoms with Crippen LogP contribution in [0.5, 0.6) is 0 Å². The second-order valence-corrected chi connectivity index (χ2v) is 11.1. The number of carboxylic acids is 1. The molecule has 0 atom stereocenters. The molecule has 9 nitrogen and oxygen atoms in total. The summed E-state index contributed by atoms with van der Waals surface area (Å²) < 4.78 is 0. The Morgan fingerprint density at radius 1 is 0.522 bits per heavy atom. The zero-order chi connectivity index (χ0) is 32.3. The van der Waals surface area contributed by atoms with E-state index in [9.17, 15) is 29.1 Å². The zero-order valence-electron chi connectivity index (χ0n) is 24.7. The summed E-state index contributed by atoms with van der Waals surface area (Å²) in [5, 5.41) is 9.52. The third-order valence-electron chi connectivity index (χ3n) is 8.34. The van der Waals surface area contributed by atoms with Crippen LogP contribution in [0.15, 0.2) is 109 Å². The number of amides is 4. The van der Waals surface area contributed by atoms with Gasteiger partial charge in [-0.2, -0.15) is 0 Å². The number of carbonyl (C=O) groups is 5. The van der Waals surface area contributed by atoms with Crippen LogP contribution in [0.25, 0.3) is 0 Å². The summed E-state index contributed by atoms with van der Waals surface area (Å²) in [6.07, 6.45) is 0. The van der Waals surface area contributed by atoms with Crippen LogP contribution in [-0.4, -0.2) is 34.7 Å². The van der Waals surface area contributed by atoms with Gasteiger partial charge in [-0.1, -0.05) is 36.4 Å². The van der Waals surface area contributed by atoms with Gasteiger partial charge in [0.05, 0.1) is 39.2 Å². The first-order valence-electron chi connectivity index (χ1n) is 14.5. The highest BCUT2D eigenvalue weighted by molar-refractivity contribution is 6.35. The number of imide groups is 2. The van der Waals surface area contributed by atoms with Crippen molar-refractivity contribution in [2.75, 3.05) is 14.7 Å². The van der Waals surface area contributed by atoms with Crippen LogP contribution >= 0.6 is 0 Å². The Morgan fingerprint density at radius 2 is 0.870 bits per heavy atom. The second kappa shape index (κ2) is 10.7. The highest BCUT2D eigenvalue weighted by Crippen LogP contribution is 2.42. The van der Waals surface area contributed by atoms with E-state index < -0.39 is 29.6 Å². The summed E-state index contributed by atoms with van der Waals surface area (Å²) in [6.45, 7) is 3.61. The number of hydrogen-bond acceptors (Lipinski definition) is 6. The molecule has 7 rings (SSSR count). The molecule has 0 saturated carbocycles. The number of carboxylic acid groups (broad SMARTS) is 1. The molecule has 46 heavy (non-hydrogen) atoms. The normalized spacial score (nSPS) is 13.7. The third kappa shape index (κ3) is 4.36. The molecule has 0 spiro atoms. The number of carbonyl (C=O) groups excluding carboxylic acids is 4. The number of rotatable bonds is 6. The molecular weight excluding hydrogens is 582 g/mol. The maximum atomic E-state index is 13.4. The standard InChI is InChI=1S/C37H25N3O6/c1-21-11-15-25(19-31(21)39-33(41)27-7-3-4-8-28(27)34(39)42)38(24-17-13-23(14-18-24)37(45)46)26-16-12-22(2)32(20-26)40-35(43)29-9-5-6-10-30(29)36(40)44/h3-20H,1-2H3,(H,45,46). The van der Waals surface area contributed by atoms with Crippen LogP contribution in [0.2, 0.25) is 0 Å². The summed E-state index contributed by atoms with van der Waals surface area (Å²) in [7, 11) is 0. The topological polar surface area (TPSA) is 115 Å². The van der Waals surface area contributed by atoms with E-state index in [-0.39, 0.29) is 5.56 Å². The largest absolute Gasteiger partial charge is 0.478 e. The smallest absolute Gasteiger partial charge is 0.335 e. The van der Waals surface area contributed by atoms with Crippen LogP contribution in [0.4, 0.5) is 28.4 Å². The number of fused-ring (bicyclic) bond motifs is 2. The predicted molar refractivity (Wildman–Crippen MR) is 173 cm³/mol. The van der Waals surface area contributed by atoms with Gasteiger partial charge in [-0.05, 0) is 97.8 Å². The number of aryl methyl sites for hydroxylation is 2. The average Bonchev–Trinajstić information content (AvgIpc) is 3.47. The van der Waals surface area contributed by atoms with Crippen LogP contribution in [0, 0.1) is 13.8 Å². The predicted octanol–water partition coefficient (Wildman–Crippen LogP) is 7.07. The summed E-state index contributed by atoms with van der Waals surface area (Å²) in [6, 6.07) is 30.3. The van der Waals surface area contributed by atoms with E-state index in [1.165, 1.54) is 12.1 Å². The van der Waals surface area contributed by atoms with Crippen molar-refractivity contribution in [3.05, 3.63) is 148 Å². The maximum Gasteiger partial charge on any atom is 0.335 e. The zero-order valence-corrected chi connectivity index (χ0v) is 24.7. The fraction of sp³-hybridized carbons (Fsp3) is 0.0541. The number of benzene rings is 5. The van der Waals surface area contributed by atoms with Crippen LogP contribution in [-0.2, 0) is 0 Å². The SMILES string of the molecule is Cc1ccc(N(c2ccc(C(=O)O)cc2)c2ccc(C)c(N3C(=O)c4ccccc4C3=O)c2)cc1N1C(=O)c2ccccc2C1=O. The highest BCUT2D eigenvalue weighted by atomic mass is 16.4. The molecule has 0 aromatic heterocycles. The van der Waals surface area contributed by atoms with E-state index >= 15 is 0 Å². The summed E-state index contributed by atoms with van der Waals surface area (Å²) >= 11 is 0. The van der Waals surface area contributed by atoms with Gasteiger partial charge < -0.3 is 10.0 Å². The van der Waals surface area contributed by atoms with Gasteiger partial charge in [-0.25, -0.2) is 14.6 Å². The lowest BCUT2D eigenvalue weighted by Gasteiger charge is -2.29. The fourth-order valence-corrected chi connectivity index (χ4v) is 5.97. The molecule has 0 aliphatic carbocycles. The molecule has 0 radical (unpaired) electrons. The molecule has 5 aromatic carbocycles. The van der Waals surface area contributed by atoms with E-state index in [2.05, 4.69) is 0 Å². The van der Waals surface area contributed by atoms with Crippen molar-refractivity contribution in [2.24, 2.45) is 0 Å². The molecule has 1 N–H and O–H groups in total. The van der Waals surface area contributed by atoms with Gasteiger partial charge in [0.25, 0.3) is 23.6 Å². The molecule has 2 aliphatic rings. The number of anilines is 5. The van der Waals surface area contributed by atoms with E-state index in [4.69, 9.17) is 0 Å². The van der Waals surface area contributed by atoms with Gasteiger partial charge in [-0.15, -0.1) is 0 Å². The van der Waals surface area contributed by atoms with Crippen molar-refractivity contribution < 1.29 is 29.1 Å². The number of hydrogen-bond donors (Lipinski definition) is 1. The number of nitrogens with zero attached hydrogens (tertiary/aromatic N) is 3. The molecular formula is C37H25N3O6. The lowest BCUT2D eigenvalue weighted by molar-refractivity contribution is 0.0695. The van der Waals surface area contributed by atoms with E-state index in [0.29, 0.717) is 61.8 Å². The first kappa shape index (κ1) is 28.4. The lowest BCUT2D eigenvalue weighted by atomic mass is 10.1. The Labute approximate surface area is 263 Å². The van der Waals surface area contributed by atoms with Crippen molar-refractivity contribution in [3.63, 3.8) is 0 Å². The molecule has 0 fully saturated rings. The van der Waals surface area contributed by atoms with Gasteiger partial charge in [0.15, 0.2) is 0 Å². The minimum atomic E-state index is -1.08. The van der Waals surface area contributed by atoms with Crippen molar-refractivity contribution in [3.8, 4) is 0 Å². The minimum absolute atomic E-state index is 0.0925. The summed E-state index contributed by atoms with van der Waals surface area (Å²) in [5.74, 6) is -2.80. The van der Waals surface area contributed by atoms with E-state index in [1.807, 2.05) is 17.0 Å². The first-order chi connectivity index (χ1) is 22.2. The first-order valence-corrected chi connectivity index (χ1v) is 14.5. The van der Waals surface area contributed by atoms with Gasteiger partial charge in [0, 0.05) is 17.1 Å². The van der Waals surface area contributed by atoms with E-state index in [1.54, 1.807) is 98.8 Å². The molecule has 9 heteroatoms. The second-order valence-electron chi connectivity index (χ2n) is 11.1. The Hall–Kier alpha value is -6.35. The molecule has 2 heterocycles. The van der Waals surface area contributed by atoms with Gasteiger partial charge >= 0.3 is 5.97 Å². The molecule has 5 aromatic rings. The summed E-state index contributed by atoms with van der Waals surface area (Å²) in [4.78, 5) is 69.5. The van der Waals surface area contributed by atoms with Crippen LogP contribution in [0.1, 0.15) is 62.9 Å². The third-order valence-corrected chi connectivity index (χ3v) is 8.34. The van der Waals surface area contributed by atoms with Gasteiger partial charge in [0.1, 0.15) is 0 Å². The monoisotopic (exact) mass is 607 g/mol. The molecule has 0 bridgehead atoms. The maximum absolute atomic E-state index is 13.4. The molecule has 224 valence electrons. The van der Waals surface area contributed by atoms with Crippen molar-refractivity contribution in [1.82, 2.24) is 0 Å². The summed E-state index contributed by atoms with van der Waals surface area (Å²) in [5.41, 5.74) is 5.22. The quantitative estimate of drug-likeness (QED) is 0.205. The van der Waals surface area contributed by atoms with Gasteiger partial charge in [-0.3, -0.25) is 19.2 Å². The Morgan fingerprint density at radius 3 is 1.22 bits per heavy atom. The lowest BCUT2D eigenvalue weighted by Crippen LogP contribution is -2.30. The van der Waals surface area contributed by atoms with E-state index in [0.717, 1.165) is 9.80 Å². The fourth-order valence-electron chi connectivity index (χ4n) is 5.97. The molecule has 0 saturated heterocycles. The highest BCUT2D eigenvalue weighted by Gasteiger charge is 2.39. The van der Waals surface area contributed by atoms with Crippen molar-refractivity contribution >= 4 is 58.0 Å². The van der Waals surface area contributed by atoms with Crippen molar-refractivity contribution in [1.29, 1.82) is 0 Å². The molecule has 2 aliphatic heterocycles. The minimum Gasteiger partial charge on any atom is -0.478 e. The Balaban J connectivity index is 1.37. The van der Waals surface area contributed by atoms with Crippen molar-refractivity contribution in [2.45, 2.75) is 13.8 Å². The average molecular weight is 608 g/mol. The number of aromatic carboxylic acids is 1. The van der Waals surface area contributed by atoms with Gasteiger partial charge in [0.2, 0.25) is 0 Å². The van der Waals surface area contributed by atoms with Crippen LogP contribution < -0.4 is 14.7 Å². The van der Waals surface area contributed by atoms with Crippen LogP contribution in [0.3, 0.4) is 0 Å². The molecule has 4 amide bonds.